The van der Waals surface area contributed by atoms with E-state index in [2.05, 4.69) is 0 Å². The van der Waals surface area contributed by atoms with Gasteiger partial charge in [-0.05, 0) is 31.2 Å². The number of nitrogens with two attached hydrogens (primary N) is 1. The zero-order chi connectivity index (χ0) is 13.7. The Balaban J connectivity index is 2.70. The quantitative estimate of drug-likeness (QED) is 0.739. The van der Waals surface area contributed by atoms with Crippen molar-refractivity contribution < 1.29 is 14.7 Å². The van der Waals surface area contributed by atoms with Crippen LogP contribution in [-0.2, 0) is 4.79 Å². The van der Waals surface area contributed by atoms with Crippen LogP contribution in [0.1, 0.15) is 23.7 Å². The Hall–Kier alpha value is -1.88. The number of anilines is 1. The number of hydrogen-bond acceptors (Lipinski definition) is 4. The minimum atomic E-state index is -0.828. The summed E-state index contributed by atoms with van der Waals surface area (Å²) in [6, 6.07) is 6.48. The summed E-state index contributed by atoms with van der Waals surface area (Å²) in [5, 5.41) is 8.60. The number of benzene rings is 1. The standard InChI is InChI=1S/C13H18N2O3/c1-9(14)13(18)10-3-5-11(6-4-10)15(2)8-7-12(16)17/h3-6,9H,7-8,14H2,1-2H3,(H,16,17). The Bertz CT molecular complexity index is 426. The molecule has 0 heterocycles. The Labute approximate surface area is 106 Å². The number of carboxylic acids is 1. The molecule has 1 atom stereocenters. The van der Waals surface area contributed by atoms with E-state index in [4.69, 9.17) is 10.8 Å². The molecule has 0 amide bonds. The summed E-state index contributed by atoms with van der Waals surface area (Å²) in [5.74, 6) is -0.930. The van der Waals surface area contributed by atoms with Crippen LogP contribution in [0.2, 0.25) is 0 Å². The number of ketones is 1. The van der Waals surface area contributed by atoms with Gasteiger partial charge in [0.25, 0.3) is 0 Å². The molecule has 0 fully saturated rings. The van der Waals surface area contributed by atoms with Gasteiger partial charge in [-0.25, -0.2) is 0 Å². The number of Topliss-reactive ketones (excluding diaryl/α,β-unsaturated/α-hetero) is 1. The van der Waals surface area contributed by atoms with Crippen molar-refractivity contribution in [3.63, 3.8) is 0 Å². The highest BCUT2D eigenvalue weighted by Crippen LogP contribution is 2.15. The Morgan fingerprint density at radius 3 is 2.33 bits per heavy atom. The van der Waals surface area contributed by atoms with Crippen molar-refractivity contribution in [2.24, 2.45) is 5.73 Å². The van der Waals surface area contributed by atoms with Gasteiger partial charge in [0, 0.05) is 24.8 Å². The van der Waals surface area contributed by atoms with E-state index in [1.165, 1.54) is 0 Å². The zero-order valence-electron chi connectivity index (χ0n) is 10.6. The maximum absolute atomic E-state index is 11.6. The fourth-order valence-corrected chi connectivity index (χ4v) is 1.54. The zero-order valence-corrected chi connectivity index (χ0v) is 10.6. The smallest absolute Gasteiger partial charge is 0.305 e. The molecule has 5 heteroatoms. The third-order valence-corrected chi connectivity index (χ3v) is 2.67. The highest BCUT2D eigenvalue weighted by Gasteiger charge is 2.11. The maximum Gasteiger partial charge on any atom is 0.305 e. The molecule has 0 radical (unpaired) electrons. The summed E-state index contributed by atoms with van der Waals surface area (Å²) < 4.78 is 0. The molecule has 0 saturated carbocycles. The summed E-state index contributed by atoms with van der Waals surface area (Å²) in [7, 11) is 1.81. The molecule has 0 aliphatic carbocycles. The van der Waals surface area contributed by atoms with Crippen LogP contribution in [0, 0.1) is 0 Å². The monoisotopic (exact) mass is 250 g/mol. The van der Waals surface area contributed by atoms with Crippen LogP contribution in [0.4, 0.5) is 5.69 Å². The lowest BCUT2D eigenvalue weighted by molar-refractivity contribution is -0.136. The number of rotatable bonds is 6. The lowest BCUT2D eigenvalue weighted by atomic mass is 10.1. The third kappa shape index (κ3) is 3.85. The van der Waals surface area contributed by atoms with Crippen molar-refractivity contribution in [3.8, 4) is 0 Å². The molecule has 1 aromatic carbocycles. The first-order chi connectivity index (χ1) is 8.41. The van der Waals surface area contributed by atoms with Crippen LogP contribution >= 0.6 is 0 Å². The molecule has 98 valence electrons. The third-order valence-electron chi connectivity index (χ3n) is 2.67. The minimum Gasteiger partial charge on any atom is -0.481 e. The molecular formula is C13H18N2O3. The number of carbonyl (C=O) groups excluding carboxylic acids is 1. The normalized spacial score (nSPS) is 11.9. The van der Waals surface area contributed by atoms with Gasteiger partial charge in [-0.2, -0.15) is 0 Å². The van der Waals surface area contributed by atoms with Crippen molar-refractivity contribution in [2.75, 3.05) is 18.5 Å². The molecule has 18 heavy (non-hydrogen) atoms. The van der Waals surface area contributed by atoms with Crippen molar-refractivity contribution >= 4 is 17.4 Å². The lowest BCUT2D eigenvalue weighted by Gasteiger charge is -2.18. The molecular weight excluding hydrogens is 232 g/mol. The number of nitrogens with zero attached hydrogens (tertiary/aromatic N) is 1. The molecule has 0 bridgehead atoms. The van der Waals surface area contributed by atoms with Crippen molar-refractivity contribution in [3.05, 3.63) is 29.8 Å². The molecule has 0 aliphatic rings. The van der Waals surface area contributed by atoms with E-state index in [0.717, 1.165) is 5.69 Å². The van der Waals surface area contributed by atoms with E-state index in [0.29, 0.717) is 12.1 Å². The number of hydrogen-bond donors (Lipinski definition) is 2. The van der Waals surface area contributed by atoms with E-state index in [1.54, 1.807) is 31.2 Å². The van der Waals surface area contributed by atoms with E-state index in [-0.39, 0.29) is 12.2 Å². The van der Waals surface area contributed by atoms with Crippen LogP contribution in [0.15, 0.2) is 24.3 Å². The molecule has 5 nitrogen and oxygen atoms in total. The highest BCUT2D eigenvalue weighted by atomic mass is 16.4. The van der Waals surface area contributed by atoms with Crippen molar-refractivity contribution in [1.29, 1.82) is 0 Å². The molecule has 3 N–H and O–H groups in total. The van der Waals surface area contributed by atoms with Gasteiger partial charge in [0.2, 0.25) is 0 Å². The van der Waals surface area contributed by atoms with E-state index >= 15 is 0 Å². The van der Waals surface area contributed by atoms with Gasteiger partial charge in [-0.1, -0.05) is 0 Å². The topological polar surface area (TPSA) is 83.6 Å². The predicted molar refractivity (Wildman–Crippen MR) is 69.9 cm³/mol. The number of carboxylic acid groups (broad SMARTS) is 1. The van der Waals surface area contributed by atoms with E-state index in [1.807, 2.05) is 11.9 Å². The van der Waals surface area contributed by atoms with Gasteiger partial charge in [0.15, 0.2) is 5.78 Å². The van der Waals surface area contributed by atoms with Crippen LogP contribution in [-0.4, -0.2) is 36.5 Å². The SMILES string of the molecule is CC(N)C(=O)c1ccc(N(C)CCC(=O)O)cc1. The Morgan fingerprint density at radius 2 is 1.89 bits per heavy atom. The summed E-state index contributed by atoms with van der Waals surface area (Å²) in [5.41, 5.74) is 6.96. The van der Waals surface area contributed by atoms with Crippen molar-refractivity contribution in [2.45, 2.75) is 19.4 Å². The second kappa shape index (κ2) is 6.16. The first-order valence-corrected chi connectivity index (χ1v) is 5.74. The molecule has 0 aromatic heterocycles. The van der Waals surface area contributed by atoms with E-state index < -0.39 is 12.0 Å². The minimum absolute atomic E-state index is 0.0804. The van der Waals surface area contributed by atoms with Gasteiger partial charge in [-0.15, -0.1) is 0 Å². The maximum atomic E-state index is 11.6. The fraction of sp³-hybridized carbons (Fsp3) is 0.385. The van der Waals surface area contributed by atoms with Crippen LogP contribution in [0.5, 0.6) is 0 Å². The summed E-state index contributed by atoms with van der Waals surface area (Å²) >= 11 is 0. The van der Waals surface area contributed by atoms with Gasteiger partial charge in [0.1, 0.15) is 0 Å². The molecule has 1 rings (SSSR count). The average Bonchev–Trinajstić information content (AvgIpc) is 2.35. The molecule has 0 saturated heterocycles. The second-order valence-corrected chi connectivity index (χ2v) is 4.27. The second-order valence-electron chi connectivity index (χ2n) is 4.27. The largest absolute Gasteiger partial charge is 0.481 e. The van der Waals surface area contributed by atoms with Crippen LogP contribution in [0.3, 0.4) is 0 Å². The van der Waals surface area contributed by atoms with Gasteiger partial charge in [-0.3, -0.25) is 9.59 Å². The number of aliphatic carboxylic acids is 1. The molecule has 1 aromatic rings. The van der Waals surface area contributed by atoms with Crippen LogP contribution in [0.25, 0.3) is 0 Å². The van der Waals surface area contributed by atoms with Gasteiger partial charge in [0.05, 0.1) is 12.5 Å². The Morgan fingerprint density at radius 1 is 1.33 bits per heavy atom. The van der Waals surface area contributed by atoms with Crippen LogP contribution < -0.4 is 10.6 Å². The Kier molecular flexibility index (Phi) is 4.85. The fourth-order valence-electron chi connectivity index (χ4n) is 1.54. The van der Waals surface area contributed by atoms with Gasteiger partial charge < -0.3 is 15.7 Å². The first kappa shape index (κ1) is 14.2. The summed E-state index contributed by atoms with van der Waals surface area (Å²) in [6.45, 7) is 2.07. The summed E-state index contributed by atoms with van der Waals surface area (Å²) in [4.78, 5) is 23.9. The highest BCUT2D eigenvalue weighted by molar-refractivity contribution is 5.99. The summed E-state index contributed by atoms with van der Waals surface area (Å²) in [6.07, 6.45) is 0.0804. The predicted octanol–water partition coefficient (Wildman–Crippen LogP) is 1.13. The van der Waals surface area contributed by atoms with E-state index in [9.17, 15) is 9.59 Å². The van der Waals surface area contributed by atoms with Crippen molar-refractivity contribution in [1.82, 2.24) is 0 Å². The number of carbonyl (C=O) groups is 2. The molecule has 1 unspecified atom stereocenters. The lowest BCUT2D eigenvalue weighted by Crippen LogP contribution is -2.26. The molecule has 0 aliphatic heterocycles. The molecule has 0 spiro atoms. The first-order valence-electron chi connectivity index (χ1n) is 5.74. The van der Waals surface area contributed by atoms with Gasteiger partial charge >= 0.3 is 5.97 Å². The average molecular weight is 250 g/mol.